The van der Waals surface area contributed by atoms with Gasteiger partial charge in [0.2, 0.25) is 5.91 Å². The van der Waals surface area contributed by atoms with Gasteiger partial charge in [-0.1, -0.05) is 37.5 Å². The molecule has 0 saturated heterocycles. The van der Waals surface area contributed by atoms with Crippen LogP contribution in [0.1, 0.15) is 68.3 Å². The van der Waals surface area contributed by atoms with Crippen LogP contribution in [0.4, 0.5) is 0 Å². The molecule has 0 radical (unpaired) electrons. The molecule has 1 aliphatic rings. The average molecular weight is 508 g/mol. The van der Waals surface area contributed by atoms with Crippen molar-refractivity contribution in [3.05, 3.63) is 69.1 Å². The Morgan fingerprint density at radius 1 is 1.03 bits per heavy atom. The first kappa shape index (κ1) is 25.7. The van der Waals surface area contributed by atoms with Crippen molar-refractivity contribution in [2.24, 2.45) is 5.92 Å². The topological polar surface area (TPSA) is 100 Å². The van der Waals surface area contributed by atoms with Gasteiger partial charge in [-0.2, -0.15) is 0 Å². The molecule has 0 unspecified atom stereocenters. The average Bonchev–Trinajstić information content (AvgIpc) is 3.53. The SMILES string of the molecule is CNC(=O)[C@@H](NC(=O)c1ccc(-c2cccc(CNC(=O)c3cc(C)c(C)s3)c2)o1)C1CCCCC1. The van der Waals surface area contributed by atoms with Crippen molar-refractivity contribution >= 4 is 29.1 Å². The number of thiophene rings is 1. The molecule has 2 heterocycles. The predicted octanol–water partition coefficient (Wildman–Crippen LogP) is 4.98. The number of rotatable bonds is 8. The van der Waals surface area contributed by atoms with E-state index in [4.69, 9.17) is 4.42 Å². The van der Waals surface area contributed by atoms with Gasteiger partial charge in [0.15, 0.2) is 5.76 Å². The molecule has 0 bridgehead atoms. The summed E-state index contributed by atoms with van der Waals surface area (Å²) in [7, 11) is 1.59. The van der Waals surface area contributed by atoms with E-state index in [1.807, 2.05) is 44.2 Å². The molecular formula is C28H33N3O4S. The highest BCUT2D eigenvalue weighted by Crippen LogP contribution is 2.28. The summed E-state index contributed by atoms with van der Waals surface area (Å²) in [4.78, 5) is 39.7. The fraction of sp³-hybridized carbons (Fsp3) is 0.393. The summed E-state index contributed by atoms with van der Waals surface area (Å²) < 4.78 is 5.87. The molecule has 4 rings (SSSR count). The zero-order valence-electron chi connectivity index (χ0n) is 21.0. The monoisotopic (exact) mass is 507 g/mol. The molecule has 2 aromatic heterocycles. The summed E-state index contributed by atoms with van der Waals surface area (Å²) in [5.74, 6) is 0.173. The molecular weight excluding hydrogens is 474 g/mol. The number of benzene rings is 1. The third-order valence-electron chi connectivity index (χ3n) is 6.82. The van der Waals surface area contributed by atoms with Crippen LogP contribution in [-0.2, 0) is 11.3 Å². The number of amides is 3. The number of carbonyl (C=O) groups excluding carboxylic acids is 3. The maximum atomic E-state index is 12.9. The molecule has 7 nitrogen and oxygen atoms in total. The highest BCUT2D eigenvalue weighted by molar-refractivity contribution is 7.14. The van der Waals surface area contributed by atoms with E-state index in [0.29, 0.717) is 17.2 Å². The molecule has 190 valence electrons. The minimum Gasteiger partial charge on any atom is -0.451 e. The van der Waals surface area contributed by atoms with Crippen LogP contribution in [0.5, 0.6) is 0 Å². The molecule has 36 heavy (non-hydrogen) atoms. The third-order valence-corrected chi connectivity index (χ3v) is 7.97. The Kier molecular flexibility index (Phi) is 8.25. The number of furan rings is 1. The van der Waals surface area contributed by atoms with Crippen molar-refractivity contribution in [1.82, 2.24) is 16.0 Å². The fourth-order valence-electron chi connectivity index (χ4n) is 4.64. The number of nitrogens with one attached hydrogen (secondary N) is 3. The molecule has 1 saturated carbocycles. The van der Waals surface area contributed by atoms with E-state index in [0.717, 1.165) is 47.3 Å². The predicted molar refractivity (Wildman–Crippen MR) is 141 cm³/mol. The summed E-state index contributed by atoms with van der Waals surface area (Å²) in [5, 5.41) is 8.54. The first-order chi connectivity index (χ1) is 17.4. The second-order valence-electron chi connectivity index (χ2n) is 9.36. The minimum absolute atomic E-state index is 0.0952. The van der Waals surface area contributed by atoms with E-state index >= 15 is 0 Å². The highest BCUT2D eigenvalue weighted by atomic mass is 32.1. The van der Waals surface area contributed by atoms with E-state index in [1.54, 1.807) is 19.2 Å². The van der Waals surface area contributed by atoms with Crippen LogP contribution in [-0.4, -0.2) is 30.8 Å². The normalized spacial score (nSPS) is 14.8. The number of carbonyl (C=O) groups is 3. The van der Waals surface area contributed by atoms with Gasteiger partial charge in [0.25, 0.3) is 11.8 Å². The Hall–Kier alpha value is -3.39. The summed E-state index contributed by atoms with van der Waals surface area (Å²) in [6.45, 7) is 4.39. The Labute approximate surface area is 215 Å². The van der Waals surface area contributed by atoms with E-state index in [1.165, 1.54) is 17.8 Å². The molecule has 3 N–H and O–H groups in total. The molecule has 1 aliphatic carbocycles. The van der Waals surface area contributed by atoms with Crippen molar-refractivity contribution in [2.45, 2.75) is 58.5 Å². The summed E-state index contributed by atoms with van der Waals surface area (Å²) in [5.41, 5.74) is 2.84. The van der Waals surface area contributed by atoms with Crippen LogP contribution in [0.3, 0.4) is 0 Å². The summed E-state index contributed by atoms with van der Waals surface area (Å²) >= 11 is 1.49. The molecule has 3 amide bonds. The lowest BCUT2D eigenvalue weighted by atomic mass is 9.83. The lowest BCUT2D eigenvalue weighted by Crippen LogP contribution is -2.50. The van der Waals surface area contributed by atoms with Gasteiger partial charge in [-0.3, -0.25) is 14.4 Å². The van der Waals surface area contributed by atoms with E-state index < -0.39 is 11.9 Å². The van der Waals surface area contributed by atoms with Crippen LogP contribution in [0.2, 0.25) is 0 Å². The van der Waals surface area contributed by atoms with Crippen LogP contribution in [0, 0.1) is 19.8 Å². The van der Waals surface area contributed by atoms with Crippen LogP contribution < -0.4 is 16.0 Å². The van der Waals surface area contributed by atoms with Crippen LogP contribution >= 0.6 is 11.3 Å². The van der Waals surface area contributed by atoms with E-state index in [-0.39, 0.29) is 23.5 Å². The molecule has 8 heteroatoms. The zero-order valence-corrected chi connectivity index (χ0v) is 21.8. The fourth-order valence-corrected chi connectivity index (χ4v) is 5.59. The van der Waals surface area contributed by atoms with Crippen molar-refractivity contribution < 1.29 is 18.8 Å². The van der Waals surface area contributed by atoms with Gasteiger partial charge in [0, 0.05) is 24.0 Å². The summed E-state index contributed by atoms with van der Waals surface area (Å²) in [6, 6.07) is 12.4. The maximum absolute atomic E-state index is 12.9. The molecule has 1 atom stereocenters. The van der Waals surface area contributed by atoms with E-state index in [2.05, 4.69) is 16.0 Å². The number of hydrogen-bond donors (Lipinski definition) is 3. The van der Waals surface area contributed by atoms with E-state index in [9.17, 15) is 14.4 Å². The second-order valence-corrected chi connectivity index (χ2v) is 10.6. The number of likely N-dealkylation sites (N-methyl/N-ethyl adjacent to an activating group) is 1. The zero-order chi connectivity index (χ0) is 25.7. The van der Waals surface area contributed by atoms with Crippen molar-refractivity contribution in [1.29, 1.82) is 0 Å². The van der Waals surface area contributed by atoms with Crippen LogP contribution in [0.25, 0.3) is 11.3 Å². The molecule has 0 aliphatic heterocycles. The first-order valence-electron chi connectivity index (χ1n) is 12.4. The molecule has 1 fully saturated rings. The largest absolute Gasteiger partial charge is 0.451 e. The molecule has 0 spiro atoms. The third kappa shape index (κ3) is 6.05. The number of hydrogen-bond acceptors (Lipinski definition) is 5. The Morgan fingerprint density at radius 3 is 2.50 bits per heavy atom. The quantitative estimate of drug-likeness (QED) is 0.400. The highest BCUT2D eigenvalue weighted by Gasteiger charge is 2.31. The lowest BCUT2D eigenvalue weighted by molar-refractivity contribution is -0.124. The van der Waals surface area contributed by atoms with Crippen molar-refractivity contribution in [2.75, 3.05) is 7.05 Å². The van der Waals surface area contributed by atoms with Gasteiger partial charge < -0.3 is 20.4 Å². The second kappa shape index (κ2) is 11.6. The molecule has 3 aromatic rings. The summed E-state index contributed by atoms with van der Waals surface area (Å²) in [6.07, 6.45) is 5.17. The van der Waals surface area contributed by atoms with Gasteiger partial charge in [0.1, 0.15) is 11.8 Å². The van der Waals surface area contributed by atoms with Gasteiger partial charge >= 0.3 is 0 Å². The standard InChI is InChI=1S/C28H33N3O4S/c1-17-14-24(36-18(17)2)27(33)30-16-19-8-7-11-21(15-19)22-12-13-23(35-22)26(32)31-25(28(34)29-3)20-9-5-4-6-10-20/h7-8,11-15,20,25H,4-6,9-10,16H2,1-3H3,(H,29,34)(H,30,33)(H,31,32)/t25-/m0/s1. The van der Waals surface area contributed by atoms with Gasteiger partial charge in [-0.25, -0.2) is 0 Å². The van der Waals surface area contributed by atoms with Crippen molar-refractivity contribution in [3.63, 3.8) is 0 Å². The van der Waals surface area contributed by atoms with Crippen molar-refractivity contribution in [3.8, 4) is 11.3 Å². The van der Waals surface area contributed by atoms with Gasteiger partial charge in [-0.15, -0.1) is 11.3 Å². The molecule has 1 aromatic carbocycles. The smallest absolute Gasteiger partial charge is 0.287 e. The maximum Gasteiger partial charge on any atom is 0.287 e. The minimum atomic E-state index is -0.570. The number of aryl methyl sites for hydroxylation is 2. The lowest BCUT2D eigenvalue weighted by Gasteiger charge is -2.29. The Bertz CT molecular complexity index is 1220. The van der Waals surface area contributed by atoms with Gasteiger partial charge in [0.05, 0.1) is 4.88 Å². The van der Waals surface area contributed by atoms with Crippen LogP contribution in [0.15, 0.2) is 46.9 Å². The Morgan fingerprint density at radius 2 is 1.81 bits per heavy atom. The Balaban J connectivity index is 1.41. The first-order valence-corrected chi connectivity index (χ1v) is 13.2. The van der Waals surface area contributed by atoms with Gasteiger partial charge in [-0.05, 0) is 68.0 Å².